The van der Waals surface area contributed by atoms with Gasteiger partial charge in [-0.25, -0.2) is 4.98 Å². The van der Waals surface area contributed by atoms with E-state index >= 15 is 0 Å². The molecule has 104 valence electrons. The largest absolute Gasteiger partial charge is 0.393 e. The van der Waals surface area contributed by atoms with Crippen LogP contribution in [0.4, 0.5) is 11.4 Å². The number of nitrogens with two attached hydrogens (primary N) is 1. The highest BCUT2D eigenvalue weighted by molar-refractivity contribution is 6.00. The Labute approximate surface area is 114 Å². The number of nitro benzene ring substituents is 1. The van der Waals surface area contributed by atoms with E-state index in [0.29, 0.717) is 5.82 Å². The number of aryl methyl sites for hydroxylation is 1. The van der Waals surface area contributed by atoms with Gasteiger partial charge in [-0.2, -0.15) is 0 Å². The quantitative estimate of drug-likeness (QED) is 0.487. The normalized spacial score (nSPS) is 10.2. The number of para-hydroxylation sites is 1. The molecule has 0 saturated carbocycles. The number of nitro groups is 1. The molecule has 0 unspecified atom stereocenters. The average Bonchev–Trinajstić information content (AvgIpc) is 2.80. The minimum Gasteiger partial charge on any atom is -0.393 e. The van der Waals surface area contributed by atoms with Crippen LogP contribution in [-0.4, -0.2) is 20.4 Å². The van der Waals surface area contributed by atoms with Crippen molar-refractivity contribution in [3.8, 4) is 0 Å². The van der Waals surface area contributed by atoms with Gasteiger partial charge in [0.2, 0.25) is 0 Å². The average molecular weight is 275 g/mol. The maximum Gasteiger partial charge on any atom is 0.304 e. The molecule has 1 aromatic carbocycles. The number of nitrogens with zero attached hydrogens (tertiary/aromatic N) is 3. The van der Waals surface area contributed by atoms with Gasteiger partial charge in [0.05, 0.1) is 11.5 Å². The number of nitrogen functional groups attached to an aromatic ring is 1. The van der Waals surface area contributed by atoms with Crippen molar-refractivity contribution in [2.75, 3.05) is 5.73 Å². The van der Waals surface area contributed by atoms with Crippen LogP contribution in [0.15, 0.2) is 30.6 Å². The van der Waals surface area contributed by atoms with E-state index in [4.69, 9.17) is 5.73 Å². The number of carbonyl (C=O) groups excluding carboxylic acids is 1. The highest BCUT2D eigenvalue weighted by atomic mass is 16.6. The molecule has 1 amide bonds. The minimum absolute atomic E-state index is 0.0420. The van der Waals surface area contributed by atoms with Crippen LogP contribution >= 0.6 is 0 Å². The minimum atomic E-state index is -0.662. The lowest BCUT2D eigenvalue weighted by Gasteiger charge is -2.07. The molecule has 0 aliphatic rings. The Kier molecular flexibility index (Phi) is 3.65. The van der Waals surface area contributed by atoms with Crippen molar-refractivity contribution in [3.63, 3.8) is 0 Å². The molecular weight excluding hydrogens is 262 g/mol. The van der Waals surface area contributed by atoms with Crippen LogP contribution in [0.1, 0.15) is 16.2 Å². The van der Waals surface area contributed by atoms with Gasteiger partial charge in [0.15, 0.2) is 0 Å². The summed E-state index contributed by atoms with van der Waals surface area (Å²) < 4.78 is 1.74. The monoisotopic (exact) mass is 275 g/mol. The number of carbonyl (C=O) groups is 1. The first-order valence-corrected chi connectivity index (χ1v) is 5.78. The van der Waals surface area contributed by atoms with Crippen LogP contribution in [0.25, 0.3) is 0 Å². The van der Waals surface area contributed by atoms with E-state index in [1.165, 1.54) is 18.2 Å². The molecule has 0 fully saturated rings. The first-order chi connectivity index (χ1) is 9.50. The van der Waals surface area contributed by atoms with Gasteiger partial charge in [-0.05, 0) is 12.1 Å². The lowest BCUT2D eigenvalue weighted by Crippen LogP contribution is -2.25. The Bertz CT molecular complexity index is 665. The first-order valence-electron chi connectivity index (χ1n) is 5.78. The van der Waals surface area contributed by atoms with Gasteiger partial charge in [-0.1, -0.05) is 6.07 Å². The molecule has 8 heteroatoms. The van der Waals surface area contributed by atoms with Crippen molar-refractivity contribution in [2.24, 2.45) is 7.05 Å². The molecule has 3 N–H and O–H groups in total. The Morgan fingerprint density at radius 2 is 2.30 bits per heavy atom. The Balaban J connectivity index is 2.20. The van der Waals surface area contributed by atoms with E-state index in [-0.39, 0.29) is 23.5 Å². The maximum atomic E-state index is 12.0. The van der Waals surface area contributed by atoms with Gasteiger partial charge in [0.1, 0.15) is 17.1 Å². The summed E-state index contributed by atoms with van der Waals surface area (Å²) in [5.74, 6) is 0.0805. The summed E-state index contributed by atoms with van der Waals surface area (Å²) in [6.45, 7) is 0.175. The molecule has 1 aromatic heterocycles. The number of amides is 1. The number of rotatable bonds is 4. The van der Waals surface area contributed by atoms with Gasteiger partial charge in [-0.3, -0.25) is 14.9 Å². The van der Waals surface area contributed by atoms with Crippen molar-refractivity contribution in [2.45, 2.75) is 6.54 Å². The second-order valence-electron chi connectivity index (χ2n) is 4.14. The molecule has 0 atom stereocenters. The number of nitrogens with one attached hydrogen (secondary N) is 1. The molecule has 1 heterocycles. The maximum absolute atomic E-state index is 12.0. The van der Waals surface area contributed by atoms with E-state index < -0.39 is 10.8 Å². The third kappa shape index (κ3) is 2.58. The summed E-state index contributed by atoms with van der Waals surface area (Å²) in [6, 6.07) is 4.24. The van der Waals surface area contributed by atoms with Gasteiger partial charge in [0.25, 0.3) is 5.91 Å². The number of imidazole rings is 1. The van der Waals surface area contributed by atoms with E-state index in [1.54, 1.807) is 24.0 Å². The standard InChI is InChI=1S/C12H13N5O3/c1-16-6-5-14-10(16)7-15-12(18)8-3-2-4-9(13)11(8)17(19)20/h2-6H,7,13H2,1H3,(H,15,18). The van der Waals surface area contributed by atoms with Crippen LogP contribution in [-0.2, 0) is 13.6 Å². The Hall–Kier alpha value is -2.90. The summed E-state index contributed by atoms with van der Waals surface area (Å²) in [5.41, 5.74) is 5.04. The molecule has 0 bridgehead atoms. The SMILES string of the molecule is Cn1ccnc1CNC(=O)c1cccc(N)c1[N+](=O)[O-]. The molecule has 0 spiro atoms. The summed E-state index contributed by atoms with van der Waals surface area (Å²) in [4.78, 5) is 26.4. The molecule has 0 saturated heterocycles. The van der Waals surface area contributed by atoms with Crippen molar-refractivity contribution in [3.05, 3.63) is 52.1 Å². The second kappa shape index (κ2) is 5.39. The zero-order valence-electron chi connectivity index (χ0n) is 10.7. The van der Waals surface area contributed by atoms with Crippen molar-refractivity contribution in [1.29, 1.82) is 0 Å². The van der Waals surface area contributed by atoms with E-state index in [9.17, 15) is 14.9 Å². The molecule has 8 nitrogen and oxygen atoms in total. The third-order valence-electron chi connectivity index (χ3n) is 2.82. The van der Waals surface area contributed by atoms with Gasteiger partial charge in [0, 0.05) is 19.4 Å². The Morgan fingerprint density at radius 3 is 2.90 bits per heavy atom. The van der Waals surface area contributed by atoms with E-state index in [1.807, 2.05) is 0 Å². The van der Waals surface area contributed by atoms with Crippen LogP contribution < -0.4 is 11.1 Å². The summed E-state index contributed by atoms with van der Waals surface area (Å²) >= 11 is 0. The molecular formula is C12H13N5O3. The smallest absolute Gasteiger partial charge is 0.304 e. The lowest BCUT2D eigenvalue weighted by atomic mass is 10.1. The molecule has 2 aromatic rings. The van der Waals surface area contributed by atoms with E-state index in [0.717, 1.165) is 0 Å². The molecule has 0 aliphatic carbocycles. The van der Waals surface area contributed by atoms with Crippen molar-refractivity contribution >= 4 is 17.3 Å². The zero-order valence-corrected chi connectivity index (χ0v) is 10.7. The molecule has 2 rings (SSSR count). The van der Waals surface area contributed by atoms with Crippen molar-refractivity contribution in [1.82, 2.24) is 14.9 Å². The second-order valence-corrected chi connectivity index (χ2v) is 4.14. The fraction of sp³-hybridized carbons (Fsp3) is 0.167. The van der Waals surface area contributed by atoms with Crippen LogP contribution in [0.2, 0.25) is 0 Å². The molecule has 0 aliphatic heterocycles. The summed E-state index contributed by atoms with van der Waals surface area (Å²) in [7, 11) is 1.79. The summed E-state index contributed by atoms with van der Waals surface area (Å²) in [6.07, 6.45) is 3.34. The van der Waals surface area contributed by atoms with Crippen LogP contribution in [0.5, 0.6) is 0 Å². The van der Waals surface area contributed by atoms with Gasteiger partial charge in [-0.15, -0.1) is 0 Å². The first kappa shape index (κ1) is 13.5. The van der Waals surface area contributed by atoms with E-state index in [2.05, 4.69) is 10.3 Å². The fourth-order valence-corrected chi connectivity index (χ4v) is 1.77. The zero-order chi connectivity index (χ0) is 14.7. The molecule has 0 radical (unpaired) electrons. The Morgan fingerprint density at radius 1 is 1.55 bits per heavy atom. The summed E-state index contributed by atoms with van der Waals surface area (Å²) in [5, 5.41) is 13.5. The highest BCUT2D eigenvalue weighted by Crippen LogP contribution is 2.25. The fourth-order valence-electron chi connectivity index (χ4n) is 1.77. The topological polar surface area (TPSA) is 116 Å². The number of benzene rings is 1. The highest BCUT2D eigenvalue weighted by Gasteiger charge is 2.23. The van der Waals surface area contributed by atoms with Crippen LogP contribution in [0, 0.1) is 10.1 Å². The predicted molar refractivity (Wildman–Crippen MR) is 71.9 cm³/mol. The van der Waals surface area contributed by atoms with Crippen LogP contribution in [0.3, 0.4) is 0 Å². The third-order valence-corrected chi connectivity index (χ3v) is 2.82. The predicted octanol–water partition coefficient (Wildman–Crippen LogP) is 0.841. The van der Waals surface area contributed by atoms with Gasteiger partial charge < -0.3 is 15.6 Å². The lowest BCUT2D eigenvalue weighted by molar-refractivity contribution is -0.384. The van der Waals surface area contributed by atoms with Gasteiger partial charge >= 0.3 is 5.69 Å². The number of aromatic nitrogens is 2. The molecule has 20 heavy (non-hydrogen) atoms. The van der Waals surface area contributed by atoms with Crippen molar-refractivity contribution < 1.29 is 9.72 Å². The number of anilines is 1. The number of hydrogen-bond acceptors (Lipinski definition) is 5. The number of hydrogen-bond donors (Lipinski definition) is 2.